The molecule has 0 bridgehead atoms. The quantitative estimate of drug-likeness (QED) is 0.798. The van der Waals surface area contributed by atoms with Gasteiger partial charge in [-0.25, -0.2) is 0 Å². The number of carbonyl (C=O) groups excluding carboxylic acids is 1. The number of hydrogen-bond donors (Lipinski definition) is 0. The average Bonchev–Trinajstić information content (AvgIpc) is 2.83. The summed E-state index contributed by atoms with van der Waals surface area (Å²) in [7, 11) is 0. The number of morpholine rings is 1. The first-order valence-corrected chi connectivity index (χ1v) is 8.92. The summed E-state index contributed by atoms with van der Waals surface area (Å²) in [5.74, 6) is 0.0169. The molecule has 2 rings (SSSR count). The van der Waals surface area contributed by atoms with Gasteiger partial charge in [0.1, 0.15) is 5.41 Å². The first-order chi connectivity index (χ1) is 10.9. The van der Waals surface area contributed by atoms with E-state index in [0.717, 1.165) is 52.2 Å². The van der Waals surface area contributed by atoms with Crippen molar-refractivity contribution in [3.8, 4) is 6.07 Å². The first-order valence-electron chi connectivity index (χ1n) is 8.92. The maximum absolute atomic E-state index is 13.0. The molecular weight excluding hydrogens is 290 g/mol. The van der Waals surface area contributed by atoms with Gasteiger partial charge in [0.15, 0.2) is 0 Å². The van der Waals surface area contributed by atoms with Gasteiger partial charge in [-0.05, 0) is 40.0 Å². The largest absolute Gasteiger partial charge is 0.379 e. The molecule has 2 saturated heterocycles. The third-order valence-corrected chi connectivity index (χ3v) is 5.27. The first kappa shape index (κ1) is 18.2. The van der Waals surface area contributed by atoms with Crippen molar-refractivity contribution in [2.24, 2.45) is 5.41 Å². The minimum Gasteiger partial charge on any atom is -0.379 e. The highest BCUT2D eigenvalue weighted by Gasteiger charge is 2.43. The van der Waals surface area contributed by atoms with Crippen molar-refractivity contribution in [2.75, 3.05) is 39.4 Å². The highest BCUT2D eigenvalue weighted by Crippen LogP contribution is 2.34. The molecule has 5 heteroatoms. The van der Waals surface area contributed by atoms with Gasteiger partial charge >= 0.3 is 0 Å². The van der Waals surface area contributed by atoms with Crippen LogP contribution in [0.25, 0.3) is 0 Å². The number of amides is 1. The van der Waals surface area contributed by atoms with Gasteiger partial charge in [-0.15, -0.1) is 0 Å². The van der Waals surface area contributed by atoms with Crippen molar-refractivity contribution < 1.29 is 9.53 Å². The minimum absolute atomic E-state index is 0.0169. The third kappa shape index (κ3) is 4.45. The molecule has 2 aliphatic rings. The van der Waals surface area contributed by atoms with E-state index in [0.29, 0.717) is 6.42 Å². The Bertz CT molecular complexity index is 444. The molecule has 2 heterocycles. The van der Waals surface area contributed by atoms with Crippen LogP contribution >= 0.6 is 0 Å². The third-order valence-electron chi connectivity index (χ3n) is 5.27. The van der Waals surface area contributed by atoms with Crippen LogP contribution in [-0.2, 0) is 9.53 Å². The fraction of sp³-hybridized carbons (Fsp3) is 0.889. The molecule has 0 aromatic rings. The highest BCUT2D eigenvalue weighted by atomic mass is 16.5. The zero-order chi connectivity index (χ0) is 16.9. The van der Waals surface area contributed by atoms with Gasteiger partial charge in [0.05, 0.1) is 19.3 Å². The lowest BCUT2D eigenvalue weighted by molar-refractivity contribution is -0.140. The monoisotopic (exact) mass is 321 g/mol. The lowest BCUT2D eigenvalue weighted by Crippen LogP contribution is -2.54. The zero-order valence-electron chi connectivity index (χ0n) is 14.9. The van der Waals surface area contributed by atoms with Crippen LogP contribution in [0.2, 0.25) is 0 Å². The van der Waals surface area contributed by atoms with Gasteiger partial charge in [-0.3, -0.25) is 9.69 Å². The van der Waals surface area contributed by atoms with Crippen LogP contribution in [0.3, 0.4) is 0 Å². The Morgan fingerprint density at radius 2 is 1.61 bits per heavy atom. The number of ether oxygens (including phenoxy) is 1. The Kier molecular flexibility index (Phi) is 6.05. The van der Waals surface area contributed by atoms with Crippen molar-refractivity contribution >= 4 is 5.91 Å². The smallest absolute Gasteiger partial charge is 0.242 e. The summed E-state index contributed by atoms with van der Waals surface area (Å²) in [5, 5.41) is 9.78. The van der Waals surface area contributed by atoms with E-state index in [4.69, 9.17) is 4.74 Å². The van der Waals surface area contributed by atoms with Crippen LogP contribution in [0.5, 0.6) is 0 Å². The number of rotatable bonds is 4. The molecule has 23 heavy (non-hydrogen) atoms. The second-order valence-corrected chi connectivity index (χ2v) is 7.74. The maximum atomic E-state index is 13.0. The normalized spacial score (nSPS) is 23.7. The van der Waals surface area contributed by atoms with E-state index in [-0.39, 0.29) is 11.4 Å². The molecule has 0 spiro atoms. The van der Waals surface area contributed by atoms with Crippen molar-refractivity contribution in [3.63, 3.8) is 0 Å². The van der Waals surface area contributed by atoms with E-state index in [1.807, 2.05) is 11.8 Å². The van der Waals surface area contributed by atoms with E-state index < -0.39 is 5.41 Å². The van der Waals surface area contributed by atoms with Crippen molar-refractivity contribution in [2.45, 2.75) is 58.4 Å². The summed E-state index contributed by atoms with van der Waals surface area (Å²) in [6.45, 7) is 10.9. The second-order valence-electron chi connectivity index (χ2n) is 7.74. The number of hydrogen-bond acceptors (Lipinski definition) is 4. The molecule has 1 atom stereocenters. The molecule has 0 aromatic heterocycles. The number of nitrogens with zero attached hydrogens (tertiary/aromatic N) is 3. The highest BCUT2D eigenvalue weighted by molar-refractivity contribution is 5.85. The van der Waals surface area contributed by atoms with Crippen LogP contribution < -0.4 is 0 Å². The van der Waals surface area contributed by atoms with Crippen molar-refractivity contribution in [1.82, 2.24) is 9.80 Å². The molecule has 1 unspecified atom stereocenters. The van der Waals surface area contributed by atoms with Crippen LogP contribution in [0, 0.1) is 16.7 Å². The number of likely N-dealkylation sites (tertiary alicyclic amines) is 1. The van der Waals surface area contributed by atoms with Crippen LogP contribution in [0.4, 0.5) is 0 Å². The molecule has 2 fully saturated rings. The molecule has 2 aliphatic heterocycles. The average molecular weight is 321 g/mol. The predicted octanol–water partition coefficient (Wildman–Crippen LogP) is 2.42. The fourth-order valence-corrected chi connectivity index (χ4v) is 3.93. The van der Waals surface area contributed by atoms with Crippen molar-refractivity contribution in [3.05, 3.63) is 0 Å². The van der Waals surface area contributed by atoms with Gasteiger partial charge in [0, 0.05) is 31.7 Å². The Hall–Kier alpha value is -1.12. The van der Waals surface area contributed by atoms with Gasteiger partial charge in [-0.2, -0.15) is 5.26 Å². The van der Waals surface area contributed by atoms with Gasteiger partial charge in [0.25, 0.3) is 0 Å². The van der Waals surface area contributed by atoms with Crippen LogP contribution in [-0.4, -0.2) is 60.6 Å². The predicted molar refractivity (Wildman–Crippen MR) is 89.9 cm³/mol. The fourth-order valence-electron chi connectivity index (χ4n) is 3.93. The van der Waals surface area contributed by atoms with Crippen LogP contribution in [0.1, 0.15) is 52.9 Å². The van der Waals surface area contributed by atoms with E-state index >= 15 is 0 Å². The van der Waals surface area contributed by atoms with Gasteiger partial charge in [0.2, 0.25) is 5.91 Å². The molecule has 130 valence electrons. The SMILES string of the molecule is CC(C#N)(CC(C)(C)N1CCOCC1)C(=O)N1CCCCCC1. The van der Waals surface area contributed by atoms with Crippen LogP contribution in [0.15, 0.2) is 0 Å². The standard InChI is InChI=1S/C18H31N3O2/c1-17(2,21-10-12-23-13-11-21)14-18(3,15-19)16(22)20-8-6-4-5-7-9-20/h4-14H2,1-3H3. The lowest BCUT2D eigenvalue weighted by atomic mass is 9.77. The molecular formula is C18H31N3O2. The molecule has 0 aromatic carbocycles. The van der Waals surface area contributed by atoms with E-state index in [2.05, 4.69) is 24.8 Å². The Morgan fingerprint density at radius 3 is 2.13 bits per heavy atom. The molecule has 5 nitrogen and oxygen atoms in total. The Labute approximate surface area is 140 Å². The Morgan fingerprint density at radius 1 is 1.04 bits per heavy atom. The van der Waals surface area contributed by atoms with Crippen molar-refractivity contribution in [1.29, 1.82) is 5.26 Å². The van der Waals surface area contributed by atoms with Gasteiger partial charge in [-0.1, -0.05) is 12.8 Å². The summed E-state index contributed by atoms with van der Waals surface area (Å²) >= 11 is 0. The summed E-state index contributed by atoms with van der Waals surface area (Å²) in [6.07, 6.45) is 5.05. The topological polar surface area (TPSA) is 56.6 Å². The summed E-state index contributed by atoms with van der Waals surface area (Å²) in [6, 6.07) is 2.34. The summed E-state index contributed by atoms with van der Waals surface area (Å²) < 4.78 is 5.43. The molecule has 0 saturated carbocycles. The molecule has 0 radical (unpaired) electrons. The maximum Gasteiger partial charge on any atom is 0.242 e. The lowest BCUT2D eigenvalue weighted by Gasteiger charge is -2.44. The summed E-state index contributed by atoms with van der Waals surface area (Å²) in [4.78, 5) is 17.3. The van der Waals surface area contributed by atoms with E-state index in [1.165, 1.54) is 12.8 Å². The molecule has 1 amide bonds. The number of carbonyl (C=O) groups is 1. The van der Waals surface area contributed by atoms with E-state index in [9.17, 15) is 10.1 Å². The van der Waals surface area contributed by atoms with Gasteiger partial charge < -0.3 is 9.64 Å². The number of nitriles is 1. The zero-order valence-corrected chi connectivity index (χ0v) is 14.9. The molecule has 0 N–H and O–H groups in total. The molecule has 0 aliphatic carbocycles. The second kappa shape index (κ2) is 7.63. The van der Waals surface area contributed by atoms with E-state index in [1.54, 1.807) is 0 Å². The Balaban J connectivity index is 2.08. The minimum atomic E-state index is -0.952. The summed E-state index contributed by atoms with van der Waals surface area (Å²) in [5.41, 5.74) is -1.14.